The normalized spacial score (nSPS) is 19.8. The Hall–Kier alpha value is -8.03. The molecule has 2 aliphatic heterocycles. The predicted molar refractivity (Wildman–Crippen MR) is 236 cm³/mol. The number of hydrogen-bond acceptors (Lipinski definition) is 16. The van der Waals surface area contributed by atoms with Crippen molar-refractivity contribution in [3.8, 4) is 5.88 Å². The lowest BCUT2D eigenvalue weighted by Gasteiger charge is -2.29. The minimum absolute atomic E-state index is 0.00254. The summed E-state index contributed by atoms with van der Waals surface area (Å²) >= 11 is 0. The number of carbonyl (C=O) groups excluding carboxylic acids is 6. The lowest BCUT2D eigenvalue weighted by molar-refractivity contribution is -0.152. The van der Waals surface area contributed by atoms with E-state index in [2.05, 4.69) is 9.97 Å². The van der Waals surface area contributed by atoms with Crippen LogP contribution in [-0.4, -0.2) is 99.3 Å². The summed E-state index contributed by atoms with van der Waals surface area (Å²) in [7, 11) is 0. The van der Waals surface area contributed by atoms with Crippen molar-refractivity contribution in [3.05, 3.63) is 139 Å². The molecule has 6 atom stereocenters. The summed E-state index contributed by atoms with van der Waals surface area (Å²) < 4.78 is 42.7. The second kappa shape index (κ2) is 20.4. The quantitative estimate of drug-likeness (QED) is 0.0842. The second-order valence-electron chi connectivity index (χ2n) is 15.4. The summed E-state index contributed by atoms with van der Waals surface area (Å²) in [5.41, 5.74) is 1.41. The standard InChI is InChI=1S/C48H44N6O13/c1-29(55)53(44-39(64-31(3)57)25-37(66-44)27-62-46(59)33-18-10-5-11-19-33)47-50-41-40(42(51-47)67-48(60)54(34-20-12-6-13-21-34)35-22-14-7-15-23-35)49-28-52(41)43-38(63-30(2)56)24-36(65-43)26-61-45(58)32-16-8-4-9-17-32/h4-23,28,36-39,43-44H,24-27H2,1-3H3/t36-,37-,38+,39+,43+,44+/m0/s1. The van der Waals surface area contributed by atoms with E-state index >= 15 is 0 Å². The number of imidazole rings is 1. The molecule has 2 aliphatic rings. The summed E-state index contributed by atoms with van der Waals surface area (Å²) in [5, 5.41) is 0. The van der Waals surface area contributed by atoms with Crippen molar-refractivity contribution in [3.63, 3.8) is 0 Å². The third kappa shape index (κ3) is 10.6. The van der Waals surface area contributed by atoms with Gasteiger partial charge in [-0.25, -0.2) is 29.2 Å². The smallest absolute Gasteiger partial charge is 0.425 e. The number of benzene rings is 4. The molecule has 4 aromatic carbocycles. The number of fused-ring (bicyclic) bond motifs is 1. The number of aromatic nitrogens is 4. The van der Waals surface area contributed by atoms with Crippen molar-refractivity contribution in [2.45, 2.75) is 70.5 Å². The predicted octanol–water partition coefficient (Wildman–Crippen LogP) is 6.50. The van der Waals surface area contributed by atoms with Gasteiger partial charge in [0.05, 0.1) is 41.0 Å². The molecule has 8 rings (SSSR count). The summed E-state index contributed by atoms with van der Waals surface area (Å²) in [5.74, 6) is -3.99. The average Bonchev–Trinajstić information content (AvgIpc) is 4.05. The Morgan fingerprint density at radius 1 is 0.642 bits per heavy atom. The van der Waals surface area contributed by atoms with Gasteiger partial charge >= 0.3 is 30.0 Å². The number of para-hydroxylation sites is 2. The molecule has 0 saturated carbocycles. The van der Waals surface area contributed by atoms with E-state index < -0.39 is 78.6 Å². The van der Waals surface area contributed by atoms with Crippen LogP contribution in [-0.2, 0) is 42.8 Å². The van der Waals surface area contributed by atoms with Gasteiger partial charge in [0, 0.05) is 33.6 Å². The zero-order chi connectivity index (χ0) is 47.0. The van der Waals surface area contributed by atoms with Crippen molar-refractivity contribution < 1.29 is 61.9 Å². The Balaban J connectivity index is 1.18. The van der Waals surface area contributed by atoms with Gasteiger partial charge in [-0.1, -0.05) is 72.8 Å². The Labute approximate surface area is 383 Å². The summed E-state index contributed by atoms with van der Waals surface area (Å²) in [6.07, 6.45) is -5.78. The van der Waals surface area contributed by atoms with Crippen LogP contribution in [0.2, 0.25) is 0 Å². The van der Waals surface area contributed by atoms with E-state index in [1.54, 1.807) is 121 Å². The van der Waals surface area contributed by atoms with E-state index in [0.717, 1.165) is 4.90 Å². The molecule has 344 valence electrons. The zero-order valence-corrected chi connectivity index (χ0v) is 36.4. The fourth-order valence-electron chi connectivity index (χ4n) is 7.73. The van der Waals surface area contributed by atoms with Gasteiger partial charge in [0.2, 0.25) is 11.9 Å². The third-order valence-corrected chi connectivity index (χ3v) is 10.6. The molecule has 67 heavy (non-hydrogen) atoms. The van der Waals surface area contributed by atoms with Crippen LogP contribution >= 0.6 is 0 Å². The number of amides is 2. The van der Waals surface area contributed by atoms with Crippen molar-refractivity contribution in [2.24, 2.45) is 0 Å². The van der Waals surface area contributed by atoms with Crippen LogP contribution in [0, 0.1) is 0 Å². The Morgan fingerprint density at radius 2 is 1.13 bits per heavy atom. The highest BCUT2D eigenvalue weighted by molar-refractivity contribution is 5.98. The molecule has 19 heteroatoms. The first-order valence-electron chi connectivity index (χ1n) is 21.2. The molecule has 0 bridgehead atoms. The molecular formula is C48H44N6O13. The molecule has 2 saturated heterocycles. The maximum Gasteiger partial charge on any atom is 0.425 e. The highest BCUT2D eigenvalue weighted by Gasteiger charge is 2.46. The van der Waals surface area contributed by atoms with E-state index in [0.29, 0.717) is 22.5 Å². The van der Waals surface area contributed by atoms with Gasteiger partial charge in [0.15, 0.2) is 23.6 Å². The number of esters is 4. The molecule has 19 nitrogen and oxygen atoms in total. The summed E-state index contributed by atoms with van der Waals surface area (Å²) in [6.45, 7) is 3.16. The first-order valence-corrected chi connectivity index (χ1v) is 21.2. The molecule has 0 radical (unpaired) electrons. The largest absolute Gasteiger partial charge is 0.459 e. The van der Waals surface area contributed by atoms with Crippen LogP contribution in [0.25, 0.3) is 11.2 Å². The number of rotatable bonds is 14. The molecule has 0 unspecified atom stereocenters. The minimum atomic E-state index is -1.38. The number of anilines is 3. The van der Waals surface area contributed by atoms with Gasteiger partial charge < -0.3 is 33.2 Å². The Morgan fingerprint density at radius 3 is 1.66 bits per heavy atom. The van der Waals surface area contributed by atoms with Gasteiger partial charge in [0.25, 0.3) is 5.88 Å². The molecule has 2 aromatic heterocycles. The number of hydrogen-bond donors (Lipinski definition) is 0. The minimum Gasteiger partial charge on any atom is -0.459 e. The van der Waals surface area contributed by atoms with E-state index in [-0.39, 0.29) is 43.2 Å². The molecule has 0 aliphatic carbocycles. The number of ether oxygens (including phenoxy) is 7. The molecule has 0 spiro atoms. The number of carbonyl (C=O) groups is 6. The topological polar surface area (TPSA) is 217 Å². The van der Waals surface area contributed by atoms with Gasteiger partial charge in [-0.05, 0) is 48.5 Å². The highest BCUT2D eigenvalue weighted by atomic mass is 16.6. The first-order chi connectivity index (χ1) is 32.4. The Kier molecular flexibility index (Phi) is 13.9. The van der Waals surface area contributed by atoms with Gasteiger partial charge in [-0.2, -0.15) is 9.97 Å². The monoisotopic (exact) mass is 912 g/mol. The van der Waals surface area contributed by atoms with Crippen molar-refractivity contribution in [2.75, 3.05) is 23.0 Å². The maximum atomic E-state index is 14.5. The van der Waals surface area contributed by atoms with Crippen LogP contribution < -0.4 is 14.5 Å². The van der Waals surface area contributed by atoms with E-state index in [1.807, 2.05) is 0 Å². The molecule has 4 heterocycles. The zero-order valence-electron chi connectivity index (χ0n) is 36.4. The van der Waals surface area contributed by atoms with Crippen molar-refractivity contribution in [1.29, 1.82) is 0 Å². The number of nitrogens with zero attached hydrogens (tertiary/aromatic N) is 6. The molecule has 2 amide bonds. The van der Waals surface area contributed by atoms with Crippen molar-refractivity contribution >= 4 is 64.4 Å². The van der Waals surface area contributed by atoms with Gasteiger partial charge in [0.1, 0.15) is 25.4 Å². The van der Waals surface area contributed by atoms with E-state index in [9.17, 15) is 28.8 Å². The van der Waals surface area contributed by atoms with Crippen LogP contribution in [0.1, 0.15) is 60.6 Å². The fourth-order valence-corrected chi connectivity index (χ4v) is 7.73. The van der Waals surface area contributed by atoms with E-state index in [1.165, 1.54) is 36.6 Å². The van der Waals surface area contributed by atoms with Crippen LogP contribution in [0.5, 0.6) is 5.88 Å². The summed E-state index contributed by atoms with van der Waals surface area (Å²) in [4.78, 5) is 95.2. The van der Waals surface area contributed by atoms with Gasteiger partial charge in [-0.15, -0.1) is 0 Å². The summed E-state index contributed by atoms with van der Waals surface area (Å²) in [6, 6.07) is 34.1. The third-order valence-electron chi connectivity index (χ3n) is 10.6. The SMILES string of the molecule is CC(=O)O[C@@H]1C[C@@H](COC(=O)c2ccccc2)O[C@H]1N(C(C)=O)c1nc(OC(=O)N(c2ccccc2)c2ccccc2)c2ncn([C@@H]3O[C@H](COC(=O)c4ccccc4)C[C@H]3OC(C)=O)c2n1. The lowest BCUT2D eigenvalue weighted by Crippen LogP contribution is -2.47. The fraction of sp³-hybridized carbons (Fsp3) is 0.271. The van der Waals surface area contributed by atoms with Crippen molar-refractivity contribution in [1.82, 2.24) is 19.5 Å². The maximum absolute atomic E-state index is 14.5. The highest BCUT2D eigenvalue weighted by Crippen LogP contribution is 2.38. The first kappa shape index (κ1) is 45.5. The van der Waals surface area contributed by atoms with Crippen LogP contribution in [0.3, 0.4) is 0 Å². The molecular weight excluding hydrogens is 869 g/mol. The Bertz CT molecular complexity index is 2700. The second-order valence-corrected chi connectivity index (χ2v) is 15.4. The molecule has 2 fully saturated rings. The lowest BCUT2D eigenvalue weighted by atomic mass is 10.2. The molecule has 0 N–H and O–H groups in total. The van der Waals surface area contributed by atoms with Crippen LogP contribution in [0.4, 0.5) is 22.1 Å². The average molecular weight is 913 g/mol. The van der Waals surface area contributed by atoms with Crippen LogP contribution in [0.15, 0.2) is 128 Å². The van der Waals surface area contributed by atoms with Gasteiger partial charge in [-0.3, -0.25) is 19.0 Å². The van der Waals surface area contributed by atoms with E-state index in [4.69, 9.17) is 38.1 Å². The molecule has 6 aromatic rings.